The lowest BCUT2D eigenvalue weighted by atomic mass is 10.2. The van der Waals surface area contributed by atoms with Crippen molar-refractivity contribution in [1.82, 2.24) is 10.3 Å². The molecule has 0 radical (unpaired) electrons. The Morgan fingerprint density at radius 3 is 2.56 bits per heavy atom. The largest absolute Gasteiger partial charge is 0.383 e. The summed E-state index contributed by atoms with van der Waals surface area (Å²) in [6.07, 6.45) is 0. The number of nitrogens with one attached hydrogen (secondary N) is 2. The number of hydrogen-bond acceptors (Lipinski definition) is 6. The van der Waals surface area contributed by atoms with Gasteiger partial charge in [-0.15, -0.1) is 0 Å². The Balaban J connectivity index is 1.70. The van der Waals surface area contributed by atoms with Crippen LogP contribution in [0.2, 0.25) is 5.02 Å². The number of nitrogen functional groups attached to an aromatic ring is 1. The van der Waals surface area contributed by atoms with Crippen molar-refractivity contribution in [3.63, 3.8) is 0 Å². The van der Waals surface area contributed by atoms with Crippen LogP contribution in [0.25, 0.3) is 0 Å². The van der Waals surface area contributed by atoms with Crippen molar-refractivity contribution in [2.45, 2.75) is 23.7 Å². The predicted octanol–water partition coefficient (Wildman–Crippen LogP) is 4.24. The molecular formula is C23H20ClN5O2S. The molecule has 0 aliphatic carbocycles. The Morgan fingerprint density at radius 2 is 1.88 bits per heavy atom. The number of nitriles is 1. The number of halogens is 1. The Morgan fingerprint density at radius 1 is 1.19 bits per heavy atom. The molecule has 3 rings (SSSR count). The summed E-state index contributed by atoms with van der Waals surface area (Å²) in [4.78, 5) is 29.3. The van der Waals surface area contributed by atoms with Crippen LogP contribution in [0.5, 0.6) is 0 Å². The van der Waals surface area contributed by atoms with E-state index in [1.54, 1.807) is 37.3 Å². The molecule has 32 heavy (non-hydrogen) atoms. The maximum absolute atomic E-state index is 12.6. The van der Waals surface area contributed by atoms with E-state index in [9.17, 15) is 14.9 Å². The van der Waals surface area contributed by atoms with E-state index in [0.29, 0.717) is 10.7 Å². The lowest BCUT2D eigenvalue weighted by Gasteiger charge is -2.14. The van der Waals surface area contributed by atoms with E-state index in [2.05, 4.69) is 15.6 Å². The second-order valence-electron chi connectivity index (χ2n) is 6.78. The fraction of sp³-hybridized carbons (Fsp3) is 0.130. The lowest BCUT2D eigenvalue weighted by molar-refractivity contribution is -0.120. The number of benzene rings is 2. The van der Waals surface area contributed by atoms with Crippen LogP contribution in [0.1, 0.15) is 28.4 Å². The highest BCUT2D eigenvalue weighted by Crippen LogP contribution is 2.28. The zero-order valence-corrected chi connectivity index (χ0v) is 18.7. The normalized spacial score (nSPS) is 11.3. The van der Waals surface area contributed by atoms with Gasteiger partial charge in [-0.25, -0.2) is 4.98 Å². The zero-order chi connectivity index (χ0) is 23.1. The van der Waals surface area contributed by atoms with Gasteiger partial charge in [0.2, 0.25) is 5.91 Å². The maximum Gasteiger partial charge on any atom is 0.259 e. The van der Waals surface area contributed by atoms with Gasteiger partial charge in [0, 0.05) is 17.3 Å². The van der Waals surface area contributed by atoms with Crippen LogP contribution in [0, 0.1) is 11.3 Å². The van der Waals surface area contributed by atoms with E-state index in [4.69, 9.17) is 17.3 Å². The van der Waals surface area contributed by atoms with Gasteiger partial charge in [-0.3, -0.25) is 9.59 Å². The van der Waals surface area contributed by atoms with Crippen LogP contribution in [0.15, 0.2) is 65.7 Å². The molecule has 1 aromatic heterocycles. The van der Waals surface area contributed by atoms with Crippen molar-refractivity contribution in [2.75, 3.05) is 11.1 Å². The summed E-state index contributed by atoms with van der Waals surface area (Å²) in [6.45, 7) is 1.98. The SMILES string of the molecule is C[C@@H](Sc1nc(N)c(C(=O)Nc2ccccc2)cc1C#N)C(=O)NCc1ccccc1Cl. The molecule has 0 spiro atoms. The fourth-order valence-electron chi connectivity index (χ4n) is 2.77. The van der Waals surface area contributed by atoms with Gasteiger partial charge in [0.15, 0.2) is 0 Å². The van der Waals surface area contributed by atoms with E-state index >= 15 is 0 Å². The summed E-state index contributed by atoms with van der Waals surface area (Å²) in [6, 6.07) is 19.5. The molecule has 0 unspecified atom stereocenters. The predicted molar refractivity (Wildman–Crippen MR) is 126 cm³/mol. The van der Waals surface area contributed by atoms with E-state index in [0.717, 1.165) is 17.3 Å². The molecule has 0 aliphatic heterocycles. The van der Waals surface area contributed by atoms with Crippen LogP contribution < -0.4 is 16.4 Å². The number of carbonyl (C=O) groups excluding carboxylic acids is 2. The zero-order valence-electron chi connectivity index (χ0n) is 17.1. The summed E-state index contributed by atoms with van der Waals surface area (Å²) in [5, 5.41) is 15.4. The van der Waals surface area contributed by atoms with Gasteiger partial charge in [0.25, 0.3) is 5.91 Å². The average Bonchev–Trinajstić information content (AvgIpc) is 2.79. The third-order valence-corrected chi connectivity index (χ3v) is 5.95. The number of hydrogen-bond donors (Lipinski definition) is 3. The Kier molecular flexibility index (Phi) is 7.71. The molecule has 0 fully saturated rings. The minimum Gasteiger partial charge on any atom is -0.383 e. The Labute approximate surface area is 195 Å². The van der Waals surface area contributed by atoms with Gasteiger partial charge in [-0.1, -0.05) is 59.8 Å². The monoisotopic (exact) mass is 465 g/mol. The van der Waals surface area contributed by atoms with Crippen LogP contribution in [-0.4, -0.2) is 22.0 Å². The van der Waals surface area contributed by atoms with Crippen molar-refractivity contribution in [3.8, 4) is 6.07 Å². The number of rotatable bonds is 7. The van der Waals surface area contributed by atoms with Gasteiger partial charge < -0.3 is 16.4 Å². The number of para-hydroxylation sites is 1. The molecule has 0 bridgehead atoms. The van der Waals surface area contributed by atoms with Gasteiger partial charge in [-0.05, 0) is 36.8 Å². The number of pyridine rings is 1. The molecule has 0 aliphatic rings. The van der Waals surface area contributed by atoms with E-state index < -0.39 is 11.2 Å². The maximum atomic E-state index is 12.6. The molecular weight excluding hydrogens is 446 g/mol. The highest BCUT2D eigenvalue weighted by molar-refractivity contribution is 8.00. The number of carbonyl (C=O) groups is 2. The third kappa shape index (κ3) is 5.78. The fourth-order valence-corrected chi connectivity index (χ4v) is 3.88. The first-order valence-corrected chi connectivity index (χ1v) is 10.9. The van der Waals surface area contributed by atoms with Crippen LogP contribution in [0.4, 0.5) is 11.5 Å². The molecule has 4 N–H and O–H groups in total. The molecule has 3 aromatic rings. The molecule has 2 amide bonds. The molecule has 0 saturated carbocycles. The van der Waals surface area contributed by atoms with Crippen molar-refractivity contribution in [1.29, 1.82) is 5.26 Å². The number of thioether (sulfide) groups is 1. The summed E-state index contributed by atoms with van der Waals surface area (Å²) < 4.78 is 0. The van der Waals surface area contributed by atoms with E-state index in [1.807, 2.05) is 30.3 Å². The molecule has 2 aromatic carbocycles. The van der Waals surface area contributed by atoms with Gasteiger partial charge in [0.1, 0.15) is 16.9 Å². The number of amides is 2. The van der Waals surface area contributed by atoms with Crippen molar-refractivity contribution in [2.24, 2.45) is 0 Å². The minimum absolute atomic E-state index is 0.0244. The summed E-state index contributed by atoms with van der Waals surface area (Å²) in [5.74, 6) is -0.742. The van der Waals surface area contributed by atoms with Gasteiger partial charge >= 0.3 is 0 Å². The second kappa shape index (κ2) is 10.7. The van der Waals surface area contributed by atoms with E-state index in [1.165, 1.54) is 6.07 Å². The van der Waals surface area contributed by atoms with Crippen LogP contribution in [0.3, 0.4) is 0 Å². The second-order valence-corrected chi connectivity index (χ2v) is 8.51. The topological polar surface area (TPSA) is 121 Å². The average molecular weight is 466 g/mol. The van der Waals surface area contributed by atoms with Crippen LogP contribution in [-0.2, 0) is 11.3 Å². The van der Waals surface area contributed by atoms with Gasteiger partial charge in [-0.2, -0.15) is 5.26 Å². The molecule has 7 nitrogen and oxygen atoms in total. The first kappa shape index (κ1) is 23.1. The molecule has 162 valence electrons. The van der Waals surface area contributed by atoms with Crippen LogP contribution >= 0.6 is 23.4 Å². The van der Waals surface area contributed by atoms with E-state index in [-0.39, 0.29) is 34.4 Å². The molecule has 0 saturated heterocycles. The number of anilines is 2. The highest BCUT2D eigenvalue weighted by Gasteiger charge is 2.21. The quantitative estimate of drug-likeness (QED) is 0.449. The van der Waals surface area contributed by atoms with Crippen molar-refractivity contribution >= 4 is 46.7 Å². The summed E-state index contributed by atoms with van der Waals surface area (Å²) in [5.41, 5.74) is 7.64. The molecule has 9 heteroatoms. The molecule has 1 atom stereocenters. The number of nitrogens with two attached hydrogens (primary N) is 1. The lowest BCUT2D eigenvalue weighted by Crippen LogP contribution is -2.30. The number of aromatic nitrogens is 1. The standard InChI is InChI=1S/C23H20ClN5O2S/c1-14(21(30)27-13-15-7-5-6-10-19(15)24)32-23-16(12-25)11-18(20(26)29-23)22(31)28-17-8-3-2-4-9-17/h2-11,14H,13H2,1H3,(H2,26,29)(H,27,30)(H,28,31)/t14-/m1/s1. The first-order chi connectivity index (χ1) is 15.4. The summed E-state index contributed by atoms with van der Waals surface area (Å²) in [7, 11) is 0. The number of nitrogens with zero attached hydrogens (tertiary/aromatic N) is 2. The van der Waals surface area contributed by atoms with Crippen molar-refractivity contribution < 1.29 is 9.59 Å². The van der Waals surface area contributed by atoms with Crippen molar-refractivity contribution in [3.05, 3.63) is 82.4 Å². The first-order valence-electron chi connectivity index (χ1n) is 9.64. The highest BCUT2D eigenvalue weighted by atomic mass is 35.5. The Hall–Kier alpha value is -3.54. The Bertz CT molecular complexity index is 1180. The minimum atomic E-state index is -0.555. The molecule has 1 heterocycles. The summed E-state index contributed by atoms with van der Waals surface area (Å²) >= 11 is 7.21. The van der Waals surface area contributed by atoms with Gasteiger partial charge in [0.05, 0.1) is 16.4 Å². The smallest absolute Gasteiger partial charge is 0.259 e. The third-order valence-electron chi connectivity index (χ3n) is 4.48.